The van der Waals surface area contributed by atoms with Crippen molar-refractivity contribution in [2.45, 2.75) is 52.2 Å². The summed E-state index contributed by atoms with van der Waals surface area (Å²) in [6, 6.07) is 18.8. The second-order valence-corrected chi connectivity index (χ2v) is 11.9. The molecule has 1 fully saturated rings. The first kappa shape index (κ1) is 27.4. The van der Waals surface area contributed by atoms with E-state index < -0.39 is 10.0 Å². The highest BCUT2D eigenvalue weighted by Gasteiger charge is 2.24. The van der Waals surface area contributed by atoms with Crippen LogP contribution >= 0.6 is 0 Å². The lowest BCUT2D eigenvalue weighted by molar-refractivity contribution is 0.130. The van der Waals surface area contributed by atoms with Gasteiger partial charge in [-0.1, -0.05) is 37.6 Å². The molecule has 1 heterocycles. The lowest BCUT2D eigenvalue weighted by Gasteiger charge is -2.33. The van der Waals surface area contributed by atoms with Gasteiger partial charge in [0, 0.05) is 31.5 Å². The smallest absolute Gasteiger partial charge is 0.235 e. The highest BCUT2D eigenvalue weighted by Crippen LogP contribution is 2.28. The fourth-order valence-electron chi connectivity index (χ4n) is 4.71. The van der Waals surface area contributed by atoms with Crippen LogP contribution < -0.4 is 14.8 Å². The molecule has 0 amide bonds. The van der Waals surface area contributed by atoms with Gasteiger partial charge in [-0.2, -0.15) is 0 Å². The zero-order chi connectivity index (χ0) is 27.3. The molecular formula is C29H37N5O3S. The van der Waals surface area contributed by atoms with E-state index in [2.05, 4.69) is 4.90 Å². The van der Waals surface area contributed by atoms with Crippen LogP contribution in [0.3, 0.4) is 0 Å². The summed E-state index contributed by atoms with van der Waals surface area (Å²) in [5.74, 6) is 1.38. The SMILES string of the molecule is CCCCS(=O)(=O)N(Cc1ccc2ccc(C(=N)N)cc2c1)c1ccc(OC2CCN(C(C)=N)CC2)cc1. The van der Waals surface area contributed by atoms with E-state index in [0.29, 0.717) is 29.3 Å². The molecule has 0 radical (unpaired) electrons. The van der Waals surface area contributed by atoms with Crippen molar-refractivity contribution in [1.29, 1.82) is 10.8 Å². The van der Waals surface area contributed by atoms with Crippen molar-refractivity contribution in [3.8, 4) is 5.75 Å². The van der Waals surface area contributed by atoms with Crippen LogP contribution in [-0.4, -0.2) is 49.9 Å². The second kappa shape index (κ2) is 11.9. The number of nitrogens with zero attached hydrogens (tertiary/aromatic N) is 2. The first-order valence-electron chi connectivity index (χ1n) is 13.1. The Morgan fingerprint density at radius 2 is 1.71 bits per heavy atom. The average molecular weight is 536 g/mol. The van der Waals surface area contributed by atoms with E-state index in [9.17, 15) is 8.42 Å². The average Bonchev–Trinajstić information content (AvgIpc) is 2.91. The van der Waals surface area contributed by atoms with Gasteiger partial charge in [-0.05, 0) is 66.1 Å². The summed E-state index contributed by atoms with van der Waals surface area (Å²) in [4.78, 5) is 2.05. The maximum atomic E-state index is 13.4. The number of hydrogen-bond donors (Lipinski definition) is 3. The number of rotatable bonds is 10. The molecule has 0 atom stereocenters. The van der Waals surface area contributed by atoms with Crippen molar-refractivity contribution in [3.05, 3.63) is 71.8 Å². The van der Waals surface area contributed by atoms with Gasteiger partial charge in [0.2, 0.25) is 10.0 Å². The molecule has 3 aromatic rings. The molecule has 0 unspecified atom stereocenters. The largest absolute Gasteiger partial charge is 0.490 e. The molecule has 0 saturated carbocycles. The Morgan fingerprint density at radius 1 is 1.03 bits per heavy atom. The van der Waals surface area contributed by atoms with Gasteiger partial charge in [0.05, 0.1) is 23.8 Å². The maximum absolute atomic E-state index is 13.4. The maximum Gasteiger partial charge on any atom is 0.235 e. The van der Waals surface area contributed by atoms with E-state index in [1.165, 1.54) is 4.31 Å². The van der Waals surface area contributed by atoms with E-state index in [0.717, 1.165) is 48.7 Å². The molecule has 1 aliphatic heterocycles. The zero-order valence-corrected chi connectivity index (χ0v) is 22.9. The molecule has 0 aromatic heterocycles. The van der Waals surface area contributed by atoms with Crippen LogP contribution in [0.4, 0.5) is 5.69 Å². The third-order valence-electron chi connectivity index (χ3n) is 6.98. The Bertz CT molecular complexity index is 1400. The fourth-order valence-corrected chi connectivity index (χ4v) is 6.37. The number of sulfonamides is 1. The number of piperidine rings is 1. The Hall–Kier alpha value is -3.59. The van der Waals surface area contributed by atoms with Crippen LogP contribution in [0.2, 0.25) is 0 Å². The summed E-state index contributed by atoms with van der Waals surface area (Å²) in [7, 11) is -3.55. The number of hydrogen-bond acceptors (Lipinski definition) is 5. The zero-order valence-electron chi connectivity index (χ0n) is 22.1. The minimum Gasteiger partial charge on any atom is -0.490 e. The summed E-state index contributed by atoms with van der Waals surface area (Å²) >= 11 is 0. The number of ether oxygens (including phenoxy) is 1. The van der Waals surface area contributed by atoms with E-state index in [-0.39, 0.29) is 24.2 Å². The summed E-state index contributed by atoms with van der Waals surface area (Å²) in [6.07, 6.45) is 3.16. The molecule has 8 nitrogen and oxygen atoms in total. The number of nitrogens with two attached hydrogens (primary N) is 1. The molecule has 4 rings (SSSR count). The van der Waals surface area contributed by atoms with Gasteiger partial charge in [-0.15, -0.1) is 0 Å². The van der Waals surface area contributed by atoms with Gasteiger partial charge in [0.15, 0.2) is 0 Å². The third-order valence-corrected chi connectivity index (χ3v) is 8.79. The van der Waals surface area contributed by atoms with E-state index in [4.69, 9.17) is 21.3 Å². The van der Waals surface area contributed by atoms with Crippen molar-refractivity contribution in [2.24, 2.45) is 5.73 Å². The van der Waals surface area contributed by atoms with Crippen molar-refractivity contribution in [3.63, 3.8) is 0 Å². The molecule has 202 valence electrons. The van der Waals surface area contributed by atoms with Gasteiger partial charge in [-0.25, -0.2) is 8.42 Å². The Labute approximate surface area is 225 Å². The predicted octanol–water partition coefficient (Wildman–Crippen LogP) is 5.10. The minimum absolute atomic E-state index is 0.00114. The number of nitrogens with one attached hydrogen (secondary N) is 2. The van der Waals surface area contributed by atoms with Gasteiger partial charge in [-0.3, -0.25) is 15.1 Å². The third kappa shape index (κ3) is 6.64. The number of benzene rings is 3. The van der Waals surface area contributed by atoms with Crippen molar-refractivity contribution in [2.75, 3.05) is 23.1 Å². The van der Waals surface area contributed by atoms with Crippen molar-refractivity contribution >= 4 is 38.2 Å². The van der Waals surface area contributed by atoms with Gasteiger partial charge >= 0.3 is 0 Å². The van der Waals surface area contributed by atoms with Gasteiger partial charge in [0.1, 0.15) is 17.7 Å². The summed E-state index contributed by atoms with van der Waals surface area (Å²) in [5.41, 5.74) is 7.75. The van der Waals surface area contributed by atoms with E-state index >= 15 is 0 Å². The van der Waals surface area contributed by atoms with E-state index in [1.54, 1.807) is 0 Å². The number of anilines is 1. The van der Waals surface area contributed by atoms with Crippen LogP contribution in [0.5, 0.6) is 5.75 Å². The molecule has 38 heavy (non-hydrogen) atoms. The fraction of sp³-hybridized carbons (Fsp3) is 0.379. The number of nitrogen functional groups attached to an aromatic ring is 1. The Morgan fingerprint density at radius 3 is 2.34 bits per heavy atom. The van der Waals surface area contributed by atoms with Crippen LogP contribution in [0.25, 0.3) is 10.8 Å². The lowest BCUT2D eigenvalue weighted by Crippen LogP contribution is -2.40. The Kier molecular flexibility index (Phi) is 8.56. The normalized spacial score (nSPS) is 14.4. The highest BCUT2D eigenvalue weighted by atomic mass is 32.2. The number of unbranched alkanes of at least 4 members (excludes halogenated alkanes) is 1. The molecular weight excluding hydrogens is 498 g/mol. The standard InChI is InChI=1S/C29H37N5O3S/c1-3-4-17-38(35,36)34(20-22-5-6-23-7-8-24(29(31)32)19-25(23)18-22)26-9-11-27(12-10-26)37-28-13-15-33(16-14-28)21(2)30/h5-12,18-19,28,30H,3-4,13-17,20H2,1-2H3,(H3,31,32). The molecule has 1 aliphatic rings. The number of fused-ring (bicyclic) bond motifs is 1. The van der Waals surface area contributed by atoms with Gasteiger partial charge < -0.3 is 15.4 Å². The lowest BCUT2D eigenvalue weighted by atomic mass is 10.0. The van der Waals surface area contributed by atoms with Crippen LogP contribution in [-0.2, 0) is 16.6 Å². The van der Waals surface area contributed by atoms with Crippen LogP contribution in [0.1, 0.15) is 50.7 Å². The van der Waals surface area contributed by atoms with Crippen molar-refractivity contribution in [1.82, 2.24) is 4.90 Å². The summed E-state index contributed by atoms with van der Waals surface area (Å²) < 4.78 is 34.5. The predicted molar refractivity (Wildman–Crippen MR) is 155 cm³/mol. The van der Waals surface area contributed by atoms with Crippen molar-refractivity contribution < 1.29 is 13.2 Å². The molecule has 0 aliphatic carbocycles. The van der Waals surface area contributed by atoms with Crippen LogP contribution in [0, 0.1) is 10.8 Å². The molecule has 3 aromatic carbocycles. The molecule has 0 bridgehead atoms. The topological polar surface area (TPSA) is 124 Å². The summed E-state index contributed by atoms with van der Waals surface area (Å²) in [5, 5.41) is 17.4. The van der Waals surface area contributed by atoms with Gasteiger partial charge in [0.25, 0.3) is 0 Å². The second-order valence-electron chi connectivity index (χ2n) is 9.87. The quantitative estimate of drug-likeness (QED) is 0.246. The highest BCUT2D eigenvalue weighted by molar-refractivity contribution is 7.92. The molecule has 0 spiro atoms. The molecule has 1 saturated heterocycles. The molecule has 4 N–H and O–H groups in total. The minimum atomic E-state index is -3.55. The molecule has 9 heteroatoms. The van der Waals surface area contributed by atoms with E-state index in [1.807, 2.05) is 74.5 Å². The van der Waals surface area contributed by atoms with Crippen LogP contribution in [0.15, 0.2) is 60.7 Å². The summed E-state index contributed by atoms with van der Waals surface area (Å²) in [6.45, 7) is 5.60. The monoisotopic (exact) mass is 535 g/mol. The first-order valence-corrected chi connectivity index (χ1v) is 14.7. The number of amidine groups is 2. The number of likely N-dealkylation sites (tertiary alicyclic amines) is 1. The Balaban J connectivity index is 1.55. The first-order chi connectivity index (χ1) is 18.2.